The highest BCUT2D eigenvalue weighted by Gasteiger charge is 2.14. The van der Waals surface area contributed by atoms with Gasteiger partial charge in [-0.25, -0.2) is 0 Å². The molecule has 2 aromatic rings. The second kappa shape index (κ2) is 6.25. The summed E-state index contributed by atoms with van der Waals surface area (Å²) < 4.78 is 5.55. The van der Waals surface area contributed by atoms with Gasteiger partial charge in [0, 0.05) is 26.2 Å². The molecule has 0 saturated heterocycles. The van der Waals surface area contributed by atoms with Crippen LogP contribution in [0, 0.1) is 6.92 Å². The Bertz CT molecular complexity index is 562. The fraction of sp³-hybridized carbons (Fsp3) is 0.412. The SMILES string of the molecule is Cc1ccc(CNCCN2CCc3ccccc3C2)o1. The standard InChI is InChI=1S/C17H22N2O/c1-14-6-7-17(20-14)12-18-9-11-19-10-8-15-4-2-3-5-16(15)13-19/h2-7,18H,8-13H2,1H3. The van der Waals surface area contributed by atoms with E-state index in [9.17, 15) is 0 Å². The maximum absolute atomic E-state index is 5.55. The largest absolute Gasteiger partial charge is 0.465 e. The third-order valence-corrected chi connectivity index (χ3v) is 3.91. The van der Waals surface area contributed by atoms with Crippen molar-refractivity contribution in [3.63, 3.8) is 0 Å². The van der Waals surface area contributed by atoms with Gasteiger partial charge in [0.15, 0.2) is 0 Å². The molecule has 0 amide bonds. The molecule has 0 bridgehead atoms. The van der Waals surface area contributed by atoms with E-state index in [1.165, 1.54) is 24.1 Å². The summed E-state index contributed by atoms with van der Waals surface area (Å²) in [7, 11) is 0. The van der Waals surface area contributed by atoms with Gasteiger partial charge in [-0.2, -0.15) is 0 Å². The van der Waals surface area contributed by atoms with Crippen LogP contribution < -0.4 is 5.32 Å². The number of furan rings is 1. The summed E-state index contributed by atoms with van der Waals surface area (Å²) in [5, 5.41) is 3.45. The maximum atomic E-state index is 5.55. The predicted molar refractivity (Wildman–Crippen MR) is 80.6 cm³/mol. The van der Waals surface area contributed by atoms with E-state index in [-0.39, 0.29) is 0 Å². The van der Waals surface area contributed by atoms with Crippen LogP contribution in [-0.4, -0.2) is 24.5 Å². The third kappa shape index (κ3) is 3.30. The van der Waals surface area contributed by atoms with Gasteiger partial charge in [0.1, 0.15) is 11.5 Å². The minimum Gasteiger partial charge on any atom is -0.465 e. The van der Waals surface area contributed by atoms with Crippen molar-refractivity contribution in [1.29, 1.82) is 0 Å². The van der Waals surface area contributed by atoms with Crippen LogP contribution >= 0.6 is 0 Å². The summed E-state index contributed by atoms with van der Waals surface area (Å²) in [6.45, 7) is 7.14. The molecule has 0 aliphatic carbocycles. The molecule has 0 radical (unpaired) electrons. The van der Waals surface area contributed by atoms with Gasteiger partial charge in [0.2, 0.25) is 0 Å². The molecule has 1 N–H and O–H groups in total. The van der Waals surface area contributed by atoms with Gasteiger partial charge in [0.05, 0.1) is 6.54 Å². The number of fused-ring (bicyclic) bond motifs is 1. The monoisotopic (exact) mass is 270 g/mol. The van der Waals surface area contributed by atoms with Crippen LogP contribution in [0.1, 0.15) is 22.6 Å². The van der Waals surface area contributed by atoms with Crippen LogP contribution in [0.15, 0.2) is 40.8 Å². The zero-order valence-corrected chi connectivity index (χ0v) is 12.1. The molecule has 0 spiro atoms. The molecule has 1 aliphatic heterocycles. The van der Waals surface area contributed by atoms with Crippen LogP contribution in [0.5, 0.6) is 0 Å². The number of nitrogens with one attached hydrogen (secondary N) is 1. The Morgan fingerprint density at radius 2 is 2.00 bits per heavy atom. The number of aryl methyl sites for hydroxylation is 1. The molecule has 1 aromatic heterocycles. The molecule has 3 rings (SSSR count). The summed E-state index contributed by atoms with van der Waals surface area (Å²) in [4.78, 5) is 2.52. The lowest BCUT2D eigenvalue weighted by Gasteiger charge is -2.28. The highest BCUT2D eigenvalue weighted by molar-refractivity contribution is 5.29. The number of nitrogens with zero attached hydrogens (tertiary/aromatic N) is 1. The van der Waals surface area contributed by atoms with E-state index in [1.54, 1.807) is 0 Å². The van der Waals surface area contributed by atoms with Crippen molar-refractivity contribution in [2.75, 3.05) is 19.6 Å². The zero-order valence-electron chi connectivity index (χ0n) is 12.1. The van der Waals surface area contributed by atoms with E-state index >= 15 is 0 Å². The van der Waals surface area contributed by atoms with Crippen molar-refractivity contribution in [3.8, 4) is 0 Å². The molecule has 106 valence electrons. The average molecular weight is 270 g/mol. The van der Waals surface area contributed by atoms with Crippen LogP contribution in [0.4, 0.5) is 0 Å². The minimum atomic E-state index is 0.818. The van der Waals surface area contributed by atoms with Gasteiger partial charge in [-0.15, -0.1) is 0 Å². The summed E-state index contributed by atoms with van der Waals surface area (Å²) in [5.74, 6) is 2.00. The first-order chi connectivity index (χ1) is 9.81. The van der Waals surface area contributed by atoms with Gasteiger partial charge >= 0.3 is 0 Å². The quantitative estimate of drug-likeness (QED) is 0.847. The first-order valence-corrected chi connectivity index (χ1v) is 7.36. The lowest BCUT2D eigenvalue weighted by atomic mass is 10.00. The van der Waals surface area contributed by atoms with Crippen molar-refractivity contribution in [3.05, 3.63) is 59.0 Å². The van der Waals surface area contributed by atoms with Crippen LogP contribution in [0.3, 0.4) is 0 Å². The van der Waals surface area contributed by atoms with Crippen LogP contribution in [0.25, 0.3) is 0 Å². The Morgan fingerprint density at radius 1 is 1.15 bits per heavy atom. The summed E-state index contributed by atoms with van der Waals surface area (Å²) in [5.41, 5.74) is 3.00. The lowest BCUT2D eigenvalue weighted by molar-refractivity contribution is 0.252. The third-order valence-electron chi connectivity index (χ3n) is 3.91. The summed E-state index contributed by atoms with van der Waals surface area (Å²) in [6.07, 6.45) is 1.17. The molecule has 0 saturated carbocycles. The molecule has 0 fully saturated rings. The molecule has 1 aromatic carbocycles. The Balaban J connectivity index is 1.42. The Hall–Kier alpha value is -1.58. The summed E-state index contributed by atoms with van der Waals surface area (Å²) >= 11 is 0. The minimum absolute atomic E-state index is 0.818. The highest BCUT2D eigenvalue weighted by Crippen LogP contribution is 2.17. The molecule has 3 heteroatoms. The first kappa shape index (κ1) is 13.4. The van der Waals surface area contributed by atoms with E-state index in [2.05, 4.69) is 34.5 Å². The predicted octanol–water partition coefficient (Wildman–Crippen LogP) is 2.74. The number of hydrogen-bond acceptors (Lipinski definition) is 3. The molecule has 2 heterocycles. The number of benzene rings is 1. The van der Waals surface area contributed by atoms with Crippen molar-refractivity contribution in [2.24, 2.45) is 0 Å². The van der Waals surface area contributed by atoms with Gasteiger partial charge in [-0.05, 0) is 36.6 Å². The summed E-state index contributed by atoms with van der Waals surface area (Å²) in [6, 6.07) is 12.8. The topological polar surface area (TPSA) is 28.4 Å². The van der Waals surface area contributed by atoms with Gasteiger partial charge in [-0.3, -0.25) is 4.90 Å². The van der Waals surface area contributed by atoms with Crippen molar-refractivity contribution >= 4 is 0 Å². The number of hydrogen-bond donors (Lipinski definition) is 1. The zero-order chi connectivity index (χ0) is 13.8. The molecule has 3 nitrogen and oxygen atoms in total. The van der Waals surface area contributed by atoms with Gasteiger partial charge in [-0.1, -0.05) is 24.3 Å². The molecule has 1 aliphatic rings. The van der Waals surface area contributed by atoms with E-state index in [4.69, 9.17) is 4.42 Å². The molecular formula is C17H22N2O. The molecule has 0 unspecified atom stereocenters. The Labute approximate surface area is 120 Å². The number of rotatable bonds is 5. The average Bonchev–Trinajstić information content (AvgIpc) is 2.89. The molecule has 0 atom stereocenters. The van der Waals surface area contributed by atoms with Crippen LogP contribution in [-0.2, 0) is 19.5 Å². The smallest absolute Gasteiger partial charge is 0.117 e. The van der Waals surface area contributed by atoms with Crippen molar-refractivity contribution < 1.29 is 4.42 Å². The maximum Gasteiger partial charge on any atom is 0.117 e. The van der Waals surface area contributed by atoms with E-state index in [0.29, 0.717) is 0 Å². The Kier molecular flexibility index (Phi) is 4.19. The van der Waals surface area contributed by atoms with Crippen molar-refractivity contribution in [1.82, 2.24) is 10.2 Å². The molecular weight excluding hydrogens is 248 g/mol. The lowest BCUT2D eigenvalue weighted by Crippen LogP contribution is -2.35. The first-order valence-electron chi connectivity index (χ1n) is 7.36. The van der Waals surface area contributed by atoms with Crippen LogP contribution in [0.2, 0.25) is 0 Å². The van der Waals surface area contributed by atoms with E-state index in [1.807, 2.05) is 19.1 Å². The highest BCUT2D eigenvalue weighted by atomic mass is 16.3. The second-order valence-electron chi connectivity index (χ2n) is 5.48. The fourth-order valence-corrected chi connectivity index (χ4v) is 2.77. The molecule has 20 heavy (non-hydrogen) atoms. The normalized spacial score (nSPS) is 15.2. The van der Waals surface area contributed by atoms with E-state index < -0.39 is 0 Å². The second-order valence-corrected chi connectivity index (χ2v) is 5.48. The Morgan fingerprint density at radius 3 is 2.80 bits per heavy atom. The van der Waals surface area contributed by atoms with Gasteiger partial charge in [0.25, 0.3) is 0 Å². The van der Waals surface area contributed by atoms with E-state index in [0.717, 1.165) is 37.7 Å². The van der Waals surface area contributed by atoms with Crippen molar-refractivity contribution in [2.45, 2.75) is 26.4 Å². The fourth-order valence-electron chi connectivity index (χ4n) is 2.77. The van der Waals surface area contributed by atoms with Gasteiger partial charge < -0.3 is 9.73 Å².